The molecule has 0 saturated carbocycles. The van der Waals surface area contributed by atoms with E-state index in [-0.39, 0.29) is 56.6 Å². The summed E-state index contributed by atoms with van der Waals surface area (Å²) < 4.78 is 38.8. The Balaban J connectivity index is 0.00000101. The largest absolute Gasteiger partial charge is 3.00 e. The second-order valence-corrected chi connectivity index (χ2v) is 15.4. The van der Waals surface area contributed by atoms with E-state index in [4.69, 9.17) is 33.3 Å². The van der Waals surface area contributed by atoms with Crippen LogP contribution in [0.4, 0.5) is 0 Å². The van der Waals surface area contributed by atoms with Crippen LogP contribution in [0.5, 0.6) is 23.0 Å². The SMILES string of the molecule is CCOCC.Cc1ccc([O-])c(CN(Cc2ccccn2)Cc2cc(C)ccc2[O-])c1.Cc1ccc([O-])c(CN(Cc2ccccn2)Cc2cc(C)ccc2[O-])c1.O=C[O-].[Co+3].[Co+3].[O-][Cl+3]([O-])([O-])[O-]. The summed E-state index contributed by atoms with van der Waals surface area (Å²) in [4.78, 5) is 21.2. The molecule has 0 fully saturated rings. The van der Waals surface area contributed by atoms with E-state index in [1.54, 1.807) is 36.7 Å². The Morgan fingerprint density at radius 1 is 0.493 bits per heavy atom. The van der Waals surface area contributed by atoms with Gasteiger partial charge in [0.2, 0.25) is 0 Å². The molecule has 18 heteroatoms. The Morgan fingerprint density at radius 2 is 0.746 bits per heavy atom. The fraction of sp³-hybridized carbons (Fsp3) is 0.286. The van der Waals surface area contributed by atoms with Crippen molar-refractivity contribution in [2.75, 3.05) is 13.2 Å². The summed E-state index contributed by atoms with van der Waals surface area (Å²) in [6, 6.07) is 32.9. The Hall–Kier alpha value is -5.13. The summed E-state index contributed by atoms with van der Waals surface area (Å²) in [5, 5.41) is 57.2. The van der Waals surface area contributed by atoms with Gasteiger partial charge in [-0.3, -0.25) is 19.8 Å². The van der Waals surface area contributed by atoms with Crippen molar-refractivity contribution in [1.82, 2.24) is 19.8 Å². The summed E-state index contributed by atoms with van der Waals surface area (Å²) >= 11 is 0. The van der Waals surface area contributed by atoms with Crippen LogP contribution < -0.4 is 44.2 Å². The molecule has 0 radical (unpaired) electrons. The van der Waals surface area contributed by atoms with Crippen LogP contribution in [-0.2, 0) is 82.4 Å². The molecule has 0 amide bonds. The molecule has 0 atom stereocenters. The van der Waals surface area contributed by atoms with Gasteiger partial charge in [-0.15, -0.1) is 33.2 Å². The number of hydrogen-bond donors (Lipinski definition) is 0. The topological polar surface area (TPSA) is 266 Å². The molecule has 0 unspecified atom stereocenters. The van der Waals surface area contributed by atoms with Crippen LogP contribution >= 0.6 is 0 Å². The van der Waals surface area contributed by atoms with Crippen molar-refractivity contribution < 1.29 is 97.5 Å². The minimum Gasteiger partial charge on any atom is -0.872 e. The monoisotopic (exact) mass is 1030 g/mol. The molecule has 0 spiro atoms. The Morgan fingerprint density at radius 3 is 0.940 bits per heavy atom. The van der Waals surface area contributed by atoms with E-state index in [0.717, 1.165) is 69.1 Å². The minimum atomic E-state index is -4.94. The van der Waals surface area contributed by atoms with Gasteiger partial charge < -0.3 is 35.1 Å². The van der Waals surface area contributed by atoms with E-state index >= 15 is 0 Å². The van der Waals surface area contributed by atoms with Gasteiger partial charge in [0.25, 0.3) is 0 Å². The predicted molar refractivity (Wildman–Crippen MR) is 225 cm³/mol. The van der Waals surface area contributed by atoms with E-state index < -0.39 is 16.7 Å². The second-order valence-electron chi connectivity index (χ2n) is 14.6. The number of ether oxygens (including phenoxy) is 1. The summed E-state index contributed by atoms with van der Waals surface area (Å²) in [5.41, 5.74) is 8.98. The van der Waals surface area contributed by atoms with Crippen LogP contribution in [-0.4, -0.2) is 39.5 Å². The molecule has 67 heavy (non-hydrogen) atoms. The smallest absolute Gasteiger partial charge is 0.872 e. The second kappa shape index (κ2) is 33.4. The molecule has 0 bridgehead atoms. The summed E-state index contributed by atoms with van der Waals surface area (Å²) in [5.74, 6) is 0.0860. The van der Waals surface area contributed by atoms with Crippen LogP contribution in [0.3, 0.4) is 0 Å². The van der Waals surface area contributed by atoms with E-state index in [0.29, 0.717) is 39.3 Å². The molecule has 362 valence electrons. The van der Waals surface area contributed by atoms with Crippen LogP contribution in [0.1, 0.15) is 69.7 Å². The third kappa shape index (κ3) is 26.7. The number of carbonyl (C=O) groups excluding carboxylic acids is 1. The van der Waals surface area contributed by atoms with Crippen molar-refractivity contribution in [2.45, 2.75) is 80.8 Å². The molecule has 2 aromatic heterocycles. The van der Waals surface area contributed by atoms with Gasteiger partial charge in [0.15, 0.2) is 0 Å². The molecule has 15 nitrogen and oxygen atoms in total. The van der Waals surface area contributed by atoms with E-state index in [9.17, 15) is 20.4 Å². The number of aromatic nitrogens is 2. The van der Waals surface area contributed by atoms with Crippen molar-refractivity contribution in [3.63, 3.8) is 0 Å². The predicted octanol–water partition coefficient (Wildman–Crippen LogP) is 0.744. The van der Waals surface area contributed by atoms with Gasteiger partial charge in [-0.1, -0.05) is 107 Å². The van der Waals surface area contributed by atoms with Crippen LogP contribution in [0.25, 0.3) is 0 Å². The molecular formula is C49H55ClCo2N4O11. The molecule has 0 aliphatic rings. The molecule has 4 aromatic carbocycles. The van der Waals surface area contributed by atoms with Crippen LogP contribution in [0.15, 0.2) is 122 Å². The maximum absolute atomic E-state index is 12.2. The number of hydrogen-bond acceptors (Lipinski definition) is 15. The molecule has 0 aliphatic heterocycles. The number of carbonyl (C=O) groups is 1. The summed E-state index contributed by atoms with van der Waals surface area (Å²) in [6.45, 7) is 16.1. The first-order valence-electron chi connectivity index (χ1n) is 20.4. The average molecular weight is 1030 g/mol. The number of benzene rings is 4. The van der Waals surface area contributed by atoms with Gasteiger partial charge in [-0.2, -0.15) is 0 Å². The zero-order valence-electron chi connectivity index (χ0n) is 38.1. The zero-order valence-corrected chi connectivity index (χ0v) is 40.9. The van der Waals surface area contributed by atoms with Gasteiger partial charge in [0, 0.05) is 71.3 Å². The van der Waals surface area contributed by atoms with Crippen molar-refractivity contribution in [3.8, 4) is 23.0 Å². The fourth-order valence-corrected chi connectivity index (χ4v) is 6.27. The van der Waals surface area contributed by atoms with Gasteiger partial charge >= 0.3 is 33.6 Å². The molecule has 2 heterocycles. The average Bonchev–Trinajstić information content (AvgIpc) is 3.24. The zero-order chi connectivity index (χ0) is 48.4. The van der Waals surface area contributed by atoms with Crippen molar-refractivity contribution in [3.05, 3.63) is 177 Å². The summed E-state index contributed by atoms with van der Waals surface area (Å²) in [6.07, 6.45) is 3.51. The Bertz CT molecular complexity index is 2030. The van der Waals surface area contributed by atoms with Gasteiger partial charge in [-0.25, -0.2) is 18.6 Å². The number of carboxylic acid groups (broad SMARTS) is 1. The molecular weight excluding hydrogens is 974 g/mol. The maximum Gasteiger partial charge on any atom is 3.00 e. The standard InChI is InChI=1S/2C22H24N2O2.C4H10O.CH2O2.ClHO4.2Co/c2*1-16-6-8-21(25)18(11-16)13-24(15-20-5-3-4-10-23-20)14-19-12-17(2)7-9-22(19)26;1-3-5-4-2;2-1-3;2-1(3,4)5;;/h2*3-12,25-26H,13-15H2,1-2H3;3-4H2,1-2H3;1H,(H,2,3);(H,2,3,4,5);;/q;;;;;2*+3/p-6. The van der Waals surface area contributed by atoms with E-state index in [1.807, 2.05) is 126 Å². The molecule has 0 N–H and O–H groups in total. The van der Waals surface area contributed by atoms with Gasteiger partial charge in [0.05, 0.1) is 11.4 Å². The fourth-order valence-electron chi connectivity index (χ4n) is 6.27. The Kier molecular flexibility index (Phi) is 30.8. The molecule has 6 rings (SSSR count). The number of aryl methyl sites for hydroxylation is 4. The summed E-state index contributed by atoms with van der Waals surface area (Å²) in [7, 11) is -4.94. The number of halogens is 1. The van der Waals surface area contributed by atoms with Crippen molar-refractivity contribution >= 4 is 6.47 Å². The van der Waals surface area contributed by atoms with Crippen molar-refractivity contribution in [2.24, 2.45) is 0 Å². The normalized spacial score (nSPS) is 10.3. The third-order valence-electron chi connectivity index (χ3n) is 9.07. The first kappa shape index (κ1) is 61.9. The van der Waals surface area contributed by atoms with Crippen LogP contribution in [0.2, 0.25) is 0 Å². The first-order chi connectivity index (χ1) is 30.8. The van der Waals surface area contributed by atoms with Gasteiger partial charge in [0.1, 0.15) is 0 Å². The number of rotatable bonds is 14. The first-order valence-corrected chi connectivity index (χ1v) is 21.6. The minimum absolute atomic E-state index is 0. The maximum atomic E-state index is 12.2. The third-order valence-corrected chi connectivity index (χ3v) is 9.07. The molecule has 0 aliphatic carbocycles. The molecule has 6 aromatic rings. The van der Waals surface area contributed by atoms with E-state index in [1.165, 1.54) is 0 Å². The molecule has 0 saturated heterocycles. The van der Waals surface area contributed by atoms with E-state index in [2.05, 4.69) is 19.8 Å². The quantitative estimate of drug-likeness (QED) is 0.136. The Labute approximate surface area is 416 Å². The van der Waals surface area contributed by atoms with Crippen molar-refractivity contribution in [1.29, 1.82) is 0 Å². The number of pyridine rings is 2. The number of nitrogens with zero attached hydrogens (tertiary/aromatic N) is 4. The van der Waals surface area contributed by atoms with Crippen LogP contribution in [0, 0.1) is 37.9 Å². The van der Waals surface area contributed by atoms with Gasteiger partial charge in [-0.05, 0) is 88.1 Å².